The Kier molecular flexibility index (Phi) is 4.39. The van der Waals surface area contributed by atoms with Crippen molar-refractivity contribution in [1.82, 2.24) is 0 Å². The maximum absolute atomic E-state index is 10.9. The van der Waals surface area contributed by atoms with E-state index in [1.54, 1.807) is 18.2 Å². The fraction of sp³-hybridized carbons (Fsp3) is 0.300. The van der Waals surface area contributed by atoms with Crippen LogP contribution in [0.5, 0.6) is 0 Å². The van der Waals surface area contributed by atoms with E-state index in [-0.39, 0.29) is 6.61 Å². The summed E-state index contributed by atoms with van der Waals surface area (Å²) in [5.74, 6) is -1.67. The summed E-state index contributed by atoms with van der Waals surface area (Å²) in [5, 5.41) is 9.71. The van der Waals surface area contributed by atoms with Gasteiger partial charge in [0.2, 0.25) is 0 Å². The van der Waals surface area contributed by atoms with Crippen LogP contribution in [0, 0.1) is 0 Å². The second-order valence-corrected chi connectivity index (χ2v) is 3.83. The predicted octanol–water partition coefficient (Wildman–Crippen LogP) is 2.81. The summed E-state index contributed by atoms with van der Waals surface area (Å²) >= 11 is 11.5. The van der Waals surface area contributed by atoms with Gasteiger partial charge in [-0.25, -0.2) is 0 Å². The van der Waals surface area contributed by atoms with Crippen molar-refractivity contribution >= 4 is 29.2 Å². The lowest BCUT2D eigenvalue weighted by Gasteiger charge is -2.12. The van der Waals surface area contributed by atoms with E-state index in [1.165, 1.54) is 7.11 Å². The lowest BCUT2D eigenvalue weighted by atomic mass is 10.0. The summed E-state index contributed by atoms with van der Waals surface area (Å²) in [6.45, 7) is 0.104. The first-order valence-corrected chi connectivity index (χ1v) is 4.98. The zero-order valence-electron chi connectivity index (χ0n) is 8.04. The Morgan fingerprint density at radius 2 is 2.13 bits per heavy atom. The molecule has 0 saturated carbocycles. The van der Waals surface area contributed by atoms with Gasteiger partial charge in [-0.05, 0) is 17.7 Å². The fourth-order valence-corrected chi connectivity index (χ4v) is 1.51. The zero-order valence-corrected chi connectivity index (χ0v) is 9.55. The summed E-state index contributed by atoms with van der Waals surface area (Å²) in [6.07, 6.45) is 0. The minimum absolute atomic E-state index is 0.104. The number of aliphatic carboxylic acids is 1. The highest BCUT2D eigenvalue weighted by Crippen LogP contribution is 2.26. The Balaban J connectivity index is 3.01. The van der Waals surface area contributed by atoms with E-state index in [9.17, 15) is 4.79 Å². The highest BCUT2D eigenvalue weighted by Gasteiger charge is 2.20. The molecule has 0 spiro atoms. The summed E-state index contributed by atoms with van der Waals surface area (Å²) in [6, 6.07) is 4.75. The van der Waals surface area contributed by atoms with Crippen LogP contribution < -0.4 is 0 Å². The topological polar surface area (TPSA) is 46.5 Å². The number of rotatable bonds is 4. The third-order valence-corrected chi connectivity index (χ3v) is 2.72. The van der Waals surface area contributed by atoms with Crippen LogP contribution in [-0.4, -0.2) is 24.8 Å². The highest BCUT2D eigenvalue weighted by atomic mass is 35.5. The van der Waals surface area contributed by atoms with Gasteiger partial charge in [-0.3, -0.25) is 4.79 Å². The summed E-state index contributed by atoms with van der Waals surface area (Å²) in [7, 11) is 1.45. The van der Waals surface area contributed by atoms with Gasteiger partial charge in [0.05, 0.1) is 16.7 Å². The number of carboxylic acid groups (broad SMARTS) is 1. The first-order valence-electron chi connectivity index (χ1n) is 4.23. The zero-order chi connectivity index (χ0) is 11.4. The molecule has 0 aliphatic heterocycles. The molecule has 3 nitrogen and oxygen atoms in total. The molecule has 15 heavy (non-hydrogen) atoms. The van der Waals surface area contributed by atoms with Crippen LogP contribution in [0.4, 0.5) is 0 Å². The van der Waals surface area contributed by atoms with Gasteiger partial charge in [0.25, 0.3) is 0 Å². The van der Waals surface area contributed by atoms with Crippen molar-refractivity contribution < 1.29 is 14.6 Å². The molecule has 0 saturated heterocycles. The number of benzene rings is 1. The summed E-state index contributed by atoms with van der Waals surface area (Å²) in [5.41, 5.74) is 0.582. The predicted molar refractivity (Wildman–Crippen MR) is 58.7 cm³/mol. The van der Waals surface area contributed by atoms with Crippen LogP contribution in [0.1, 0.15) is 11.5 Å². The number of ether oxygens (including phenoxy) is 1. The lowest BCUT2D eigenvalue weighted by Crippen LogP contribution is -2.16. The number of methoxy groups -OCH3 is 1. The quantitative estimate of drug-likeness (QED) is 0.892. The molecule has 0 fully saturated rings. The van der Waals surface area contributed by atoms with E-state index < -0.39 is 11.9 Å². The molecule has 1 aromatic carbocycles. The van der Waals surface area contributed by atoms with Crippen LogP contribution in [0.15, 0.2) is 18.2 Å². The normalized spacial score (nSPS) is 12.5. The second kappa shape index (κ2) is 5.35. The van der Waals surface area contributed by atoms with Crippen molar-refractivity contribution in [2.45, 2.75) is 5.92 Å². The van der Waals surface area contributed by atoms with Crippen molar-refractivity contribution in [1.29, 1.82) is 0 Å². The van der Waals surface area contributed by atoms with Gasteiger partial charge in [0.15, 0.2) is 0 Å². The number of carboxylic acids is 1. The standard InChI is InChI=1S/C10H10Cl2O3/c1-15-5-7(10(13)14)6-2-3-8(11)9(12)4-6/h2-4,7H,5H2,1H3,(H,13,14). The molecule has 1 rings (SSSR count). The molecule has 1 N–H and O–H groups in total. The molecule has 1 aromatic rings. The molecule has 0 bridgehead atoms. The van der Waals surface area contributed by atoms with Crippen molar-refractivity contribution in [2.75, 3.05) is 13.7 Å². The Morgan fingerprint density at radius 3 is 2.60 bits per heavy atom. The molecule has 0 radical (unpaired) electrons. The Hall–Kier alpha value is -0.770. The Morgan fingerprint density at radius 1 is 1.47 bits per heavy atom. The van der Waals surface area contributed by atoms with Gasteiger partial charge in [0, 0.05) is 7.11 Å². The molecule has 0 heterocycles. The molecule has 0 aromatic heterocycles. The minimum Gasteiger partial charge on any atom is -0.481 e. The van der Waals surface area contributed by atoms with Gasteiger partial charge in [-0.1, -0.05) is 29.3 Å². The number of halogens is 2. The Bertz CT molecular complexity index is 366. The average Bonchev–Trinajstić information content (AvgIpc) is 2.18. The van der Waals surface area contributed by atoms with Crippen LogP contribution in [0.25, 0.3) is 0 Å². The van der Waals surface area contributed by atoms with Gasteiger partial charge in [-0.2, -0.15) is 0 Å². The van der Waals surface area contributed by atoms with Crippen LogP contribution >= 0.6 is 23.2 Å². The van der Waals surface area contributed by atoms with E-state index in [0.29, 0.717) is 15.6 Å². The highest BCUT2D eigenvalue weighted by molar-refractivity contribution is 6.42. The molecule has 1 unspecified atom stereocenters. The Labute approximate surface area is 97.6 Å². The van der Waals surface area contributed by atoms with Crippen molar-refractivity contribution in [3.05, 3.63) is 33.8 Å². The number of hydrogen-bond acceptors (Lipinski definition) is 2. The molecule has 1 atom stereocenters. The van der Waals surface area contributed by atoms with Crippen LogP contribution in [0.2, 0.25) is 10.0 Å². The number of carbonyl (C=O) groups is 1. The number of hydrogen-bond donors (Lipinski definition) is 1. The second-order valence-electron chi connectivity index (χ2n) is 3.02. The minimum atomic E-state index is -0.949. The third-order valence-electron chi connectivity index (χ3n) is 1.98. The maximum atomic E-state index is 10.9. The summed E-state index contributed by atoms with van der Waals surface area (Å²) in [4.78, 5) is 10.9. The SMILES string of the molecule is COCC(C(=O)O)c1ccc(Cl)c(Cl)c1. The molecular weight excluding hydrogens is 239 g/mol. The van der Waals surface area contributed by atoms with Gasteiger partial charge >= 0.3 is 5.97 Å². The first kappa shape index (κ1) is 12.3. The van der Waals surface area contributed by atoms with E-state index >= 15 is 0 Å². The van der Waals surface area contributed by atoms with E-state index in [0.717, 1.165) is 0 Å². The third kappa shape index (κ3) is 3.09. The van der Waals surface area contributed by atoms with Gasteiger partial charge in [-0.15, -0.1) is 0 Å². The van der Waals surface area contributed by atoms with E-state index in [1.807, 2.05) is 0 Å². The maximum Gasteiger partial charge on any atom is 0.313 e. The molecule has 0 aliphatic carbocycles. The van der Waals surface area contributed by atoms with Crippen molar-refractivity contribution in [3.8, 4) is 0 Å². The molecule has 5 heteroatoms. The lowest BCUT2D eigenvalue weighted by molar-refractivity contribution is -0.140. The van der Waals surface area contributed by atoms with Gasteiger partial charge in [0.1, 0.15) is 5.92 Å². The average molecular weight is 249 g/mol. The van der Waals surface area contributed by atoms with E-state index in [4.69, 9.17) is 33.0 Å². The fourth-order valence-electron chi connectivity index (χ4n) is 1.21. The van der Waals surface area contributed by atoms with E-state index in [2.05, 4.69) is 0 Å². The molecule has 0 amide bonds. The summed E-state index contributed by atoms with van der Waals surface area (Å²) < 4.78 is 4.83. The monoisotopic (exact) mass is 248 g/mol. The largest absolute Gasteiger partial charge is 0.481 e. The van der Waals surface area contributed by atoms with Crippen molar-refractivity contribution in [3.63, 3.8) is 0 Å². The van der Waals surface area contributed by atoms with Crippen LogP contribution in [-0.2, 0) is 9.53 Å². The molecule has 82 valence electrons. The smallest absolute Gasteiger partial charge is 0.313 e. The first-order chi connectivity index (χ1) is 7.06. The molecule has 0 aliphatic rings. The van der Waals surface area contributed by atoms with Crippen molar-refractivity contribution in [2.24, 2.45) is 0 Å². The van der Waals surface area contributed by atoms with Crippen LogP contribution in [0.3, 0.4) is 0 Å². The molecular formula is C10H10Cl2O3. The van der Waals surface area contributed by atoms with Gasteiger partial charge < -0.3 is 9.84 Å².